The van der Waals surface area contributed by atoms with Crippen LogP contribution in [-0.2, 0) is 14.3 Å². The van der Waals surface area contributed by atoms with Gasteiger partial charge in [-0.15, -0.1) is 0 Å². The minimum Gasteiger partial charge on any atom is -0.469 e. The molecule has 1 aliphatic heterocycles. The van der Waals surface area contributed by atoms with E-state index in [1.54, 1.807) is 26.0 Å². The van der Waals surface area contributed by atoms with E-state index in [1.807, 2.05) is 0 Å². The largest absolute Gasteiger partial charge is 0.469 e. The highest BCUT2D eigenvalue weighted by Gasteiger charge is 2.26. The van der Waals surface area contributed by atoms with Gasteiger partial charge in [0.15, 0.2) is 5.96 Å². The number of ether oxygens (including phenoxy) is 1. The van der Waals surface area contributed by atoms with Gasteiger partial charge in [0.25, 0.3) is 0 Å². The lowest BCUT2D eigenvalue weighted by Gasteiger charge is -2.33. The van der Waals surface area contributed by atoms with Crippen LogP contribution in [0.5, 0.6) is 0 Å². The quantitative estimate of drug-likeness (QED) is 0.446. The molecule has 0 aromatic carbocycles. The third-order valence-corrected chi connectivity index (χ3v) is 3.66. The molecule has 1 rings (SSSR count). The summed E-state index contributed by atoms with van der Waals surface area (Å²) < 4.78 is 4.78. The molecule has 21 heavy (non-hydrogen) atoms. The molecule has 0 aliphatic carbocycles. The van der Waals surface area contributed by atoms with Crippen LogP contribution in [0.2, 0.25) is 0 Å². The van der Waals surface area contributed by atoms with Crippen LogP contribution in [0.1, 0.15) is 19.3 Å². The number of methoxy groups -OCH3 is 1. The van der Waals surface area contributed by atoms with Gasteiger partial charge in [-0.05, 0) is 12.8 Å². The summed E-state index contributed by atoms with van der Waals surface area (Å²) in [5, 5.41) is 3.20. The van der Waals surface area contributed by atoms with Crippen molar-refractivity contribution in [2.45, 2.75) is 19.3 Å². The number of carbonyl (C=O) groups is 2. The van der Waals surface area contributed by atoms with Crippen molar-refractivity contribution in [3.63, 3.8) is 0 Å². The number of hydrogen-bond donors (Lipinski definition) is 1. The summed E-state index contributed by atoms with van der Waals surface area (Å²) >= 11 is 0. The number of amides is 1. The number of likely N-dealkylation sites (tertiary alicyclic amines) is 1. The number of nitrogens with zero attached hydrogens (tertiary/aromatic N) is 3. The summed E-state index contributed by atoms with van der Waals surface area (Å²) in [7, 11) is 6.64. The maximum Gasteiger partial charge on any atom is 0.308 e. The van der Waals surface area contributed by atoms with Crippen LogP contribution in [0.4, 0.5) is 0 Å². The van der Waals surface area contributed by atoms with Crippen LogP contribution in [0.15, 0.2) is 4.99 Å². The molecule has 1 aliphatic rings. The van der Waals surface area contributed by atoms with Crippen LogP contribution in [0.3, 0.4) is 0 Å². The van der Waals surface area contributed by atoms with Crippen molar-refractivity contribution < 1.29 is 14.3 Å². The number of carbonyl (C=O) groups excluding carboxylic acids is 2. The summed E-state index contributed by atoms with van der Waals surface area (Å²) in [6.45, 7) is 2.09. The molecule has 120 valence electrons. The molecule has 0 atom stereocenters. The predicted octanol–water partition coefficient (Wildman–Crippen LogP) is -0.0749. The number of hydrogen-bond acceptors (Lipinski definition) is 4. The zero-order chi connectivity index (χ0) is 15.8. The second-order valence-electron chi connectivity index (χ2n) is 5.30. The molecule has 0 bridgehead atoms. The molecule has 1 amide bonds. The van der Waals surface area contributed by atoms with Gasteiger partial charge in [-0.25, -0.2) is 0 Å². The SMILES string of the molecule is CN=C(NCCC(=O)N(C)C)N1CCC(C(=O)OC)CC1. The van der Waals surface area contributed by atoms with Crippen molar-refractivity contribution in [2.24, 2.45) is 10.9 Å². The van der Waals surface area contributed by atoms with Crippen LogP contribution in [0.25, 0.3) is 0 Å². The number of guanidine groups is 1. The van der Waals surface area contributed by atoms with E-state index in [1.165, 1.54) is 7.11 Å². The predicted molar refractivity (Wildman–Crippen MR) is 81.0 cm³/mol. The van der Waals surface area contributed by atoms with E-state index in [4.69, 9.17) is 4.74 Å². The lowest BCUT2D eigenvalue weighted by Crippen LogP contribution is -2.47. The van der Waals surface area contributed by atoms with Gasteiger partial charge < -0.3 is 19.9 Å². The molecule has 0 saturated carbocycles. The highest BCUT2D eigenvalue weighted by atomic mass is 16.5. The zero-order valence-electron chi connectivity index (χ0n) is 13.4. The third-order valence-electron chi connectivity index (χ3n) is 3.66. The number of nitrogens with one attached hydrogen (secondary N) is 1. The standard InChI is InChI=1S/C14H26N4O3/c1-15-14(16-8-5-12(19)17(2)3)18-9-6-11(7-10-18)13(20)21-4/h11H,5-10H2,1-4H3,(H,15,16). The van der Waals surface area contributed by atoms with Crippen molar-refractivity contribution in [2.75, 3.05) is 47.9 Å². The molecular formula is C14H26N4O3. The maximum absolute atomic E-state index is 11.5. The smallest absolute Gasteiger partial charge is 0.308 e. The molecular weight excluding hydrogens is 272 g/mol. The Kier molecular flexibility index (Phi) is 6.98. The second kappa shape index (κ2) is 8.49. The van der Waals surface area contributed by atoms with Gasteiger partial charge in [0.1, 0.15) is 0 Å². The second-order valence-corrected chi connectivity index (χ2v) is 5.30. The van der Waals surface area contributed by atoms with Gasteiger partial charge in [0.05, 0.1) is 13.0 Å². The minimum absolute atomic E-state index is 0.0142. The van der Waals surface area contributed by atoms with E-state index in [9.17, 15) is 9.59 Å². The Bertz CT molecular complexity index is 388. The molecule has 0 aromatic heterocycles. The number of esters is 1. The summed E-state index contributed by atoms with van der Waals surface area (Å²) in [5.41, 5.74) is 0. The third kappa shape index (κ3) is 5.24. The Labute approximate surface area is 126 Å². The molecule has 1 heterocycles. The van der Waals surface area contributed by atoms with Crippen molar-refractivity contribution in [1.82, 2.24) is 15.1 Å². The lowest BCUT2D eigenvalue weighted by atomic mass is 9.97. The van der Waals surface area contributed by atoms with E-state index < -0.39 is 0 Å². The van der Waals surface area contributed by atoms with E-state index in [0.717, 1.165) is 31.9 Å². The van der Waals surface area contributed by atoms with Gasteiger partial charge in [-0.3, -0.25) is 14.6 Å². The molecule has 0 aromatic rings. The van der Waals surface area contributed by atoms with Gasteiger partial charge >= 0.3 is 5.97 Å². The Morgan fingerprint density at radius 3 is 2.43 bits per heavy atom. The van der Waals surface area contributed by atoms with E-state index in [2.05, 4.69) is 15.2 Å². The molecule has 0 unspecified atom stereocenters. The van der Waals surface area contributed by atoms with Crippen LogP contribution >= 0.6 is 0 Å². The van der Waals surface area contributed by atoms with Crippen LogP contribution in [-0.4, -0.2) is 75.5 Å². The van der Waals surface area contributed by atoms with Crippen molar-refractivity contribution in [3.8, 4) is 0 Å². The highest BCUT2D eigenvalue weighted by Crippen LogP contribution is 2.18. The number of aliphatic imine (C=N–C) groups is 1. The highest BCUT2D eigenvalue weighted by molar-refractivity contribution is 5.81. The fourth-order valence-corrected chi connectivity index (χ4v) is 2.33. The summed E-state index contributed by atoms with van der Waals surface area (Å²) in [5.74, 6) is 0.723. The lowest BCUT2D eigenvalue weighted by molar-refractivity contribution is -0.146. The first-order chi connectivity index (χ1) is 9.99. The van der Waals surface area contributed by atoms with Gasteiger partial charge in [-0.2, -0.15) is 0 Å². The Morgan fingerprint density at radius 2 is 1.95 bits per heavy atom. The number of piperidine rings is 1. The van der Waals surface area contributed by atoms with Crippen molar-refractivity contribution in [3.05, 3.63) is 0 Å². The fourth-order valence-electron chi connectivity index (χ4n) is 2.33. The van der Waals surface area contributed by atoms with Crippen molar-refractivity contribution >= 4 is 17.8 Å². The summed E-state index contributed by atoms with van der Waals surface area (Å²) in [4.78, 5) is 30.9. The van der Waals surface area contributed by atoms with E-state index in [-0.39, 0.29) is 17.8 Å². The summed E-state index contributed by atoms with van der Waals surface area (Å²) in [6.07, 6.45) is 1.97. The van der Waals surface area contributed by atoms with Gasteiger partial charge in [0, 0.05) is 47.2 Å². The molecule has 0 spiro atoms. The van der Waals surface area contributed by atoms with Crippen LogP contribution in [0, 0.1) is 5.92 Å². The Hall–Kier alpha value is -1.79. The average molecular weight is 298 g/mol. The van der Waals surface area contributed by atoms with Gasteiger partial charge in [-0.1, -0.05) is 0 Å². The molecule has 1 N–H and O–H groups in total. The van der Waals surface area contributed by atoms with E-state index in [0.29, 0.717) is 13.0 Å². The monoisotopic (exact) mass is 298 g/mol. The normalized spacial score (nSPS) is 16.6. The summed E-state index contributed by atoms with van der Waals surface area (Å²) in [6, 6.07) is 0. The maximum atomic E-state index is 11.5. The molecule has 1 fully saturated rings. The topological polar surface area (TPSA) is 74.2 Å². The fraction of sp³-hybridized carbons (Fsp3) is 0.786. The van der Waals surface area contributed by atoms with Gasteiger partial charge in [0.2, 0.25) is 5.91 Å². The Morgan fingerprint density at radius 1 is 1.33 bits per heavy atom. The first kappa shape index (κ1) is 17.3. The molecule has 7 nitrogen and oxygen atoms in total. The molecule has 7 heteroatoms. The molecule has 0 radical (unpaired) electrons. The minimum atomic E-state index is -0.130. The first-order valence-electron chi connectivity index (χ1n) is 7.23. The zero-order valence-corrected chi connectivity index (χ0v) is 13.4. The number of rotatable bonds is 4. The molecule has 1 saturated heterocycles. The Balaban J connectivity index is 2.38. The van der Waals surface area contributed by atoms with E-state index >= 15 is 0 Å². The van der Waals surface area contributed by atoms with Crippen LogP contribution < -0.4 is 5.32 Å². The first-order valence-corrected chi connectivity index (χ1v) is 7.23. The average Bonchev–Trinajstić information content (AvgIpc) is 2.50. The van der Waals surface area contributed by atoms with Crippen molar-refractivity contribution in [1.29, 1.82) is 0 Å².